The maximum atomic E-state index is 13.0. The predicted octanol–water partition coefficient (Wildman–Crippen LogP) is 7.94. The fraction of sp³-hybridized carbons (Fsp3) is 0.303. The number of amides is 1. The zero-order chi connectivity index (χ0) is 28.9. The number of carbonyl (C=O) groups excluding carboxylic acids is 1. The topological polar surface area (TPSA) is 69.8 Å². The number of carbonyl (C=O) groups is 1. The van der Waals surface area contributed by atoms with Crippen LogP contribution >= 0.6 is 0 Å². The van der Waals surface area contributed by atoms with Gasteiger partial charge >= 0.3 is 0 Å². The Balaban J connectivity index is 0.00000127. The number of fused-ring (bicyclic) bond motifs is 1. The first kappa shape index (κ1) is 30.7. The van der Waals surface area contributed by atoms with E-state index in [4.69, 9.17) is 16.7 Å². The van der Waals surface area contributed by atoms with Gasteiger partial charge in [0, 0.05) is 54.6 Å². The average Bonchev–Trinajstić information content (AvgIpc) is 3.30. The summed E-state index contributed by atoms with van der Waals surface area (Å²) in [6.07, 6.45) is 9.64. The lowest BCUT2D eigenvalue weighted by Crippen LogP contribution is -2.35. The lowest BCUT2D eigenvalue weighted by molar-refractivity contribution is 0.0692. The summed E-state index contributed by atoms with van der Waals surface area (Å²) in [6.45, 7) is 14.3. The van der Waals surface area contributed by atoms with Crippen molar-refractivity contribution in [2.24, 2.45) is 0 Å². The van der Waals surface area contributed by atoms with Crippen molar-refractivity contribution in [2.45, 2.75) is 53.1 Å². The highest BCUT2D eigenvalue weighted by atomic mass is 16.5. The monoisotopic (exact) mass is 523 g/mol. The van der Waals surface area contributed by atoms with E-state index in [-0.39, 0.29) is 11.9 Å². The Hall–Kier alpha value is -4.55. The molecule has 202 valence electrons. The minimum Gasteiger partial charge on any atom is -0.457 e. The summed E-state index contributed by atoms with van der Waals surface area (Å²) in [5, 5.41) is 11.1. The van der Waals surface area contributed by atoms with E-state index in [0.29, 0.717) is 24.6 Å². The number of rotatable bonds is 9. The van der Waals surface area contributed by atoms with Crippen LogP contribution in [0.5, 0.6) is 11.5 Å². The Morgan fingerprint density at radius 3 is 2.41 bits per heavy atom. The normalized spacial score (nSPS) is 12.1. The van der Waals surface area contributed by atoms with E-state index < -0.39 is 0 Å². The molecule has 6 heteroatoms. The van der Waals surface area contributed by atoms with Gasteiger partial charge in [0.15, 0.2) is 0 Å². The third kappa shape index (κ3) is 7.27. The zero-order valence-electron chi connectivity index (χ0n) is 23.6. The standard InChI is InChI=1S/C29H31N4O2.C2H6.C2H2/c1-5-23(13-14-31-3)33-18-22-15-21(9-11-27(22)29(33)34)20-7-6-8-24(16-20)35-25-10-12-26(19(2)30)28(17-25)32-4;2*1-2/h3,6-12,15-17,23,30,32H,5,13-14,18H2,1-2,4H3;1-2H3;1-2H/q+1;;/t23-;;/m1../s1. The Kier molecular flexibility index (Phi) is 11.8. The van der Waals surface area contributed by atoms with Crippen molar-refractivity contribution >= 4 is 17.3 Å². The number of nitrogens with zero attached hydrogens (tertiary/aromatic N) is 2. The van der Waals surface area contributed by atoms with Crippen LogP contribution in [0.1, 0.15) is 62.0 Å². The quantitative estimate of drug-likeness (QED) is 0.221. The van der Waals surface area contributed by atoms with Crippen LogP contribution in [0.4, 0.5) is 5.69 Å². The largest absolute Gasteiger partial charge is 0.457 e. The molecular formula is C33H39N4O2+. The van der Waals surface area contributed by atoms with E-state index in [9.17, 15) is 4.79 Å². The minimum absolute atomic E-state index is 0.0800. The molecule has 0 saturated carbocycles. The van der Waals surface area contributed by atoms with Gasteiger partial charge in [0.25, 0.3) is 19.0 Å². The molecule has 2 N–H and O–H groups in total. The number of benzene rings is 3. The number of hydrogen-bond acceptors (Lipinski definition) is 4. The highest BCUT2D eigenvalue weighted by molar-refractivity contribution is 6.01. The maximum Gasteiger partial charge on any atom is 0.265 e. The molecule has 0 unspecified atom stereocenters. The third-order valence-corrected chi connectivity index (χ3v) is 6.51. The zero-order valence-corrected chi connectivity index (χ0v) is 23.6. The number of ether oxygens (including phenoxy) is 1. The van der Waals surface area contributed by atoms with Crippen LogP contribution in [0.3, 0.4) is 0 Å². The van der Waals surface area contributed by atoms with Crippen molar-refractivity contribution in [1.82, 2.24) is 4.90 Å². The van der Waals surface area contributed by atoms with Crippen molar-refractivity contribution < 1.29 is 9.53 Å². The molecule has 1 aliphatic heterocycles. The third-order valence-electron chi connectivity index (χ3n) is 6.51. The second-order valence-corrected chi connectivity index (χ2v) is 8.77. The van der Waals surface area contributed by atoms with Gasteiger partial charge < -0.3 is 20.4 Å². The second kappa shape index (κ2) is 15.0. The molecule has 1 heterocycles. The van der Waals surface area contributed by atoms with E-state index in [0.717, 1.165) is 52.1 Å². The summed E-state index contributed by atoms with van der Waals surface area (Å²) in [5.41, 5.74) is 6.06. The molecule has 1 amide bonds. The summed E-state index contributed by atoms with van der Waals surface area (Å²) < 4.78 is 6.14. The van der Waals surface area contributed by atoms with E-state index in [1.54, 1.807) is 6.92 Å². The summed E-state index contributed by atoms with van der Waals surface area (Å²) >= 11 is 0. The van der Waals surface area contributed by atoms with Gasteiger partial charge in [-0.05, 0) is 66.4 Å². The van der Waals surface area contributed by atoms with Crippen LogP contribution in [-0.2, 0) is 6.54 Å². The van der Waals surface area contributed by atoms with Gasteiger partial charge in [-0.1, -0.05) is 43.8 Å². The molecule has 0 bridgehead atoms. The Morgan fingerprint density at radius 2 is 1.77 bits per heavy atom. The first-order valence-corrected chi connectivity index (χ1v) is 13.2. The fourth-order valence-electron chi connectivity index (χ4n) is 4.62. The van der Waals surface area contributed by atoms with Crippen molar-refractivity contribution in [3.8, 4) is 42.0 Å². The first-order chi connectivity index (χ1) is 18.9. The number of hydrogen-bond donors (Lipinski definition) is 2. The summed E-state index contributed by atoms with van der Waals surface area (Å²) in [7, 11) is 1.84. The Labute approximate surface area is 233 Å². The van der Waals surface area contributed by atoms with Gasteiger partial charge in [0.1, 0.15) is 11.5 Å². The SMILES string of the molecule is C#C.C#[N+]CC[C@@H](CC)N1Cc2cc(-c3cccc(Oc4ccc(C(C)=N)c(NC)c4)c3)ccc2C1=O.CC. The van der Waals surface area contributed by atoms with Crippen molar-refractivity contribution in [1.29, 1.82) is 5.41 Å². The Bertz CT molecular complexity index is 1350. The van der Waals surface area contributed by atoms with E-state index >= 15 is 0 Å². The molecular weight excluding hydrogens is 484 g/mol. The van der Waals surface area contributed by atoms with E-state index in [1.807, 2.05) is 80.4 Å². The highest BCUT2D eigenvalue weighted by Crippen LogP contribution is 2.33. The van der Waals surface area contributed by atoms with Gasteiger partial charge in [0.2, 0.25) is 0 Å². The molecule has 6 nitrogen and oxygen atoms in total. The number of nitrogens with one attached hydrogen (secondary N) is 2. The molecule has 0 spiro atoms. The van der Waals surface area contributed by atoms with Crippen LogP contribution in [0.2, 0.25) is 0 Å². The van der Waals surface area contributed by atoms with Crippen molar-refractivity contribution in [3.63, 3.8) is 0 Å². The number of anilines is 1. The van der Waals surface area contributed by atoms with Crippen molar-refractivity contribution in [2.75, 3.05) is 18.9 Å². The number of terminal acetylenes is 1. The summed E-state index contributed by atoms with van der Waals surface area (Å²) in [4.78, 5) is 18.7. The van der Waals surface area contributed by atoms with Crippen LogP contribution in [0.25, 0.3) is 16.0 Å². The van der Waals surface area contributed by atoms with E-state index in [2.05, 4.69) is 36.0 Å². The van der Waals surface area contributed by atoms with E-state index in [1.165, 1.54) is 0 Å². The van der Waals surface area contributed by atoms with Gasteiger partial charge in [-0.2, -0.15) is 0 Å². The van der Waals surface area contributed by atoms with Gasteiger partial charge in [-0.15, -0.1) is 12.8 Å². The summed E-state index contributed by atoms with van der Waals surface area (Å²) in [5.74, 6) is 1.50. The summed E-state index contributed by atoms with van der Waals surface area (Å²) in [6, 6.07) is 19.8. The first-order valence-electron chi connectivity index (χ1n) is 13.2. The lowest BCUT2D eigenvalue weighted by atomic mass is 10.0. The molecule has 0 aromatic heterocycles. The highest BCUT2D eigenvalue weighted by Gasteiger charge is 2.32. The average molecular weight is 524 g/mol. The molecule has 0 fully saturated rings. The molecule has 39 heavy (non-hydrogen) atoms. The fourth-order valence-corrected chi connectivity index (χ4v) is 4.62. The van der Waals surface area contributed by atoms with Crippen LogP contribution in [-0.4, -0.2) is 36.2 Å². The molecule has 4 rings (SSSR count). The van der Waals surface area contributed by atoms with Gasteiger partial charge in [0.05, 0.1) is 0 Å². The smallest absolute Gasteiger partial charge is 0.265 e. The molecule has 1 atom stereocenters. The van der Waals surface area contributed by atoms with Crippen LogP contribution in [0, 0.1) is 24.8 Å². The maximum absolute atomic E-state index is 13.0. The van der Waals surface area contributed by atoms with Crippen molar-refractivity contribution in [3.05, 3.63) is 82.2 Å². The van der Waals surface area contributed by atoms with Crippen LogP contribution in [0.15, 0.2) is 60.7 Å². The molecule has 3 aromatic carbocycles. The second-order valence-electron chi connectivity index (χ2n) is 8.77. The molecule has 0 saturated heterocycles. The van der Waals surface area contributed by atoms with Gasteiger partial charge in [-0.25, -0.2) is 0 Å². The Morgan fingerprint density at radius 1 is 1.08 bits per heavy atom. The lowest BCUT2D eigenvalue weighted by Gasteiger charge is -2.24. The minimum atomic E-state index is 0.0800. The van der Waals surface area contributed by atoms with Crippen LogP contribution < -0.4 is 10.1 Å². The molecule has 3 aromatic rings. The van der Waals surface area contributed by atoms with Gasteiger partial charge in [-0.3, -0.25) is 4.79 Å². The predicted molar refractivity (Wildman–Crippen MR) is 163 cm³/mol. The molecule has 1 aliphatic rings. The molecule has 0 radical (unpaired) electrons. The molecule has 0 aliphatic carbocycles.